The number of hydrogen-bond donors (Lipinski definition) is 0. The Morgan fingerprint density at radius 1 is 1.17 bits per heavy atom. The molecule has 0 aliphatic heterocycles. The second-order valence-electron chi connectivity index (χ2n) is 6.88. The largest absolute Gasteiger partial charge is 0.486 e. The zero-order valence-electron chi connectivity index (χ0n) is 16.8. The third-order valence-corrected chi connectivity index (χ3v) is 5.22. The van der Waals surface area contributed by atoms with Gasteiger partial charge in [-0.3, -0.25) is 0 Å². The van der Waals surface area contributed by atoms with Gasteiger partial charge in [0.25, 0.3) is 0 Å². The summed E-state index contributed by atoms with van der Waals surface area (Å²) < 4.78 is 18.2. The van der Waals surface area contributed by atoms with E-state index < -0.39 is 5.97 Å². The lowest BCUT2D eigenvalue weighted by Crippen LogP contribution is -2.10. The number of aromatic nitrogens is 3. The molecule has 29 heavy (non-hydrogen) atoms. The van der Waals surface area contributed by atoms with Gasteiger partial charge in [0.15, 0.2) is 11.0 Å². The fraction of sp³-hybridized carbons (Fsp3) is 0.381. The van der Waals surface area contributed by atoms with Crippen molar-refractivity contribution in [2.45, 2.75) is 44.3 Å². The number of esters is 1. The lowest BCUT2D eigenvalue weighted by Gasteiger charge is -2.12. The second kappa shape index (κ2) is 10.2. The van der Waals surface area contributed by atoms with Crippen molar-refractivity contribution < 1.29 is 18.7 Å². The van der Waals surface area contributed by atoms with Crippen LogP contribution in [0.1, 0.15) is 42.4 Å². The number of furan rings is 1. The zero-order valence-corrected chi connectivity index (χ0v) is 17.6. The lowest BCUT2D eigenvalue weighted by molar-refractivity contribution is 0.0563. The van der Waals surface area contributed by atoms with Crippen molar-refractivity contribution in [2.24, 2.45) is 5.92 Å². The van der Waals surface area contributed by atoms with Gasteiger partial charge >= 0.3 is 5.97 Å². The van der Waals surface area contributed by atoms with Gasteiger partial charge in [-0.05, 0) is 36.6 Å². The number of methoxy groups -OCH3 is 1. The highest BCUT2D eigenvalue weighted by Gasteiger charge is 2.16. The summed E-state index contributed by atoms with van der Waals surface area (Å²) in [7, 11) is 1.33. The first kappa shape index (κ1) is 21.0. The number of para-hydroxylation sites is 1. The van der Waals surface area contributed by atoms with Gasteiger partial charge in [-0.2, -0.15) is 0 Å². The molecule has 7 nitrogen and oxygen atoms in total. The normalized spacial score (nSPS) is 11.0. The molecule has 2 aromatic heterocycles. The first-order valence-corrected chi connectivity index (χ1v) is 10.4. The van der Waals surface area contributed by atoms with Crippen molar-refractivity contribution in [1.82, 2.24) is 14.8 Å². The van der Waals surface area contributed by atoms with Crippen LogP contribution in [0.3, 0.4) is 0 Å². The summed E-state index contributed by atoms with van der Waals surface area (Å²) in [5.41, 5.74) is 0. The minimum absolute atomic E-state index is 0.196. The van der Waals surface area contributed by atoms with Gasteiger partial charge in [0.1, 0.15) is 18.1 Å². The quantitative estimate of drug-likeness (QED) is 0.354. The van der Waals surface area contributed by atoms with Gasteiger partial charge in [-0.25, -0.2) is 4.79 Å². The molecule has 0 saturated carbocycles. The average Bonchev–Trinajstić information content (AvgIpc) is 3.36. The Morgan fingerprint density at radius 3 is 2.69 bits per heavy atom. The van der Waals surface area contributed by atoms with Crippen LogP contribution < -0.4 is 4.74 Å². The third kappa shape index (κ3) is 5.87. The Morgan fingerprint density at radius 2 is 1.97 bits per heavy atom. The summed E-state index contributed by atoms with van der Waals surface area (Å²) in [6.45, 7) is 5.54. The van der Waals surface area contributed by atoms with E-state index in [1.165, 1.54) is 18.9 Å². The number of hydrogen-bond acceptors (Lipinski definition) is 7. The van der Waals surface area contributed by atoms with Crippen LogP contribution in [-0.2, 0) is 23.6 Å². The van der Waals surface area contributed by atoms with Crippen molar-refractivity contribution in [2.75, 3.05) is 7.11 Å². The predicted octanol–water partition coefficient (Wildman–Crippen LogP) is 4.58. The molecule has 0 atom stereocenters. The summed E-state index contributed by atoms with van der Waals surface area (Å²) in [5.74, 6) is 3.07. The molecule has 0 radical (unpaired) electrons. The topological polar surface area (TPSA) is 79.4 Å². The van der Waals surface area contributed by atoms with E-state index in [9.17, 15) is 4.79 Å². The van der Waals surface area contributed by atoms with Crippen molar-refractivity contribution >= 4 is 17.7 Å². The predicted molar refractivity (Wildman–Crippen MR) is 110 cm³/mol. The van der Waals surface area contributed by atoms with Crippen LogP contribution in [0.4, 0.5) is 0 Å². The van der Waals surface area contributed by atoms with Crippen LogP contribution in [0.25, 0.3) is 0 Å². The van der Waals surface area contributed by atoms with Crippen molar-refractivity contribution in [3.63, 3.8) is 0 Å². The maximum atomic E-state index is 11.5. The molecule has 154 valence electrons. The Balaban J connectivity index is 1.68. The Labute approximate surface area is 174 Å². The molecule has 8 heteroatoms. The standard InChI is InChI=1S/C21H25N3O4S/c1-15(2)11-12-24-19(13-27-16-7-5-4-6-8-16)22-23-21(24)29-14-17-9-10-18(28-17)20(25)26-3/h4-10,15H,11-14H2,1-3H3. The van der Waals surface area contributed by atoms with Crippen molar-refractivity contribution in [1.29, 1.82) is 0 Å². The van der Waals surface area contributed by atoms with Gasteiger partial charge in [-0.1, -0.05) is 43.8 Å². The zero-order chi connectivity index (χ0) is 20.6. The van der Waals surface area contributed by atoms with Gasteiger partial charge < -0.3 is 18.5 Å². The number of carbonyl (C=O) groups excluding carboxylic acids is 1. The molecule has 0 N–H and O–H groups in total. The summed E-state index contributed by atoms with van der Waals surface area (Å²) in [6, 6.07) is 13.0. The molecule has 0 aliphatic carbocycles. The molecule has 0 bridgehead atoms. The SMILES string of the molecule is COC(=O)c1ccc(CSc2nnc(COc3ccccc3)n2CCC(C)C)o1. The number of nitrogens with zero attached hydrogens (tertiary/aromatic N) is 3. The Bertz CT molecular complexity index is 921. The minimum atomic E-state index is -0.485. The molecule has 2 heterocycles. The molecule has 0 fully saturated rings. The minimum Gasteiger partial charge on any atom is -0.486 e. The van der Waals surface area contributed by atoms with Gasteiger partial charge in [0.05, 0.1) is 12.9 Å². The van der Waals surface area contributed by atoms with Gasteiger partial charge in [-0.15, -0.1) is 10.2 Å². The molecule has 1 aromatic carbocycles. The fourth-order valence-corrected chi connectivity index (χ4v) is 3.49. The van der Waals surface area contributed by atoms with Crippen LogP contribution in [0.5, 0.6) is 5.75 Å². The third-order valence-electron chi connectivity index (χ3n) is 4.23. The van der Waals surface area contributed by atoms with Crippen molar-refractivity contribution in [3.8, 4) is 5.75 Å². The van der Waals surface area contributed by atoms with Crippen LogP contribution in [0.15, 0.2) is 52.0 Å². The molecular formula is C21H25N3O4S. The number of rotatable bonds is 10. The highest BCUT2D eigenvalue weighted by molar-refractivity contribution is 7.98. The summed E-state index contributed by atoms with van der Waals surface area (Å²) >= 11 is 1.51. The molecule has 0 amide bonds. The lowest BCUT2D eigenvalue weighted by atomic mass is 10.1. The van der Waals surface area contributed by atoms with Crippen LogP contribution in [0.2, 0.25) is 0 Å². The van der Waals surface area contributed by atoms with Crippen LogP contribution >= 0.6 is 11.8 Å². The first-order valence-electron chi connectivity index (χ1n) is 9.46. The molecule has 0 aliphatic rings. The molecule has 0 saturated heterocycles. The Hall–Kier alpha value is -2.74. The molecule has 3 aromatic rings. The Kier molecular flexibility index (Phi) is 7.35. The monoisotopic (exact) mass is 415 g/mol. The van der Waals surface area contributed by atoms with E-state index in [1.807, 2.05) is 30.3 Å². The number of benzene rings is 1. The van der Waals surface area contributed by atoms with E-state index in [0.29, 0.717) is 24.0 Å². The summed E-state index contributed by atoms with van der Waals surface area (Å²) in [6.07, 6.45) is 1.01. The number of ether oxygens (including phenoxy) is 2. The molecule has 3 rings (SSSR count). The van der Waals surface area contributed by atoms with E-state index in [2.05, 4.69) is 33.3 Å². The number of carbonyl (C=O) groups is 1. The maximum absolute atomic E-state index is 11.5. The van der Waals surface area contributed by atoms with E-state index in [4.69, 9.17) is 9.15 Å². The maximum Gasteiger partial charge on any atom is 0.373 e. The van der Waals surface area contributed by atoms with E-state index in [1.54, 1.807) is 12.1 Å². The second-order valence-corrected chi connectivity index (χ2v) is 7.82. The smallest absolute Gasteiger partial charge is 0.373 e. The van der Waals surface area contributed by atoms with E-state index >= 15 is 0 Å². The first-order chi connectivity index (χ1) is 14.1. The van der Waals surface area contributed by atoms with E-state index in [0.717, 1.165) is 29.7 Å². The van der Waals surface area contributed by atoms with E-state index in [-0.39, 0.29) is 5.76 Å². The number of thioether (sulfide) groups is 1. The average molecular weight is 416 g/mol. The fourth-order valence-electron chi connectivity index (χ4n) is 2.61. The van der Waals surface area contributed by atoms with Crippen LogP contribution in [-0.4, -0.2) is 27.8 Å². The summed E-state index contributed by atoms with van der Waals surface area (Å²) in [4.78, 5) is 11.5. The highest BCUT2D eigenvalue weighted by Crippen LogP contribution is 2.25. The molecule has 0 unspecified atom stereocenters. The highest BCUT2D eigenvalue weighted by atomic mass is 32.2. The molecular weight excluding hydrogens is 390 g/mol. The van der Waals surface area contributed by atoms with Gasteiger partial charge in [0, 0.05) is 6.54 Å². The molecule has 0 spiro atoms. The van der Waals surface area contributed by atoms with Crippen molar-refractivity contribution in [3.05, 3.63) is 59.8 Å². The summed E-state index contributed by atoms with van der Waals surface area (Å²) in [5, 5.41) is 9.47. The van der Waals surface area contributed by atoms with Gasteiger partial charge in [0.2, 0.25) is 5.76 Å². The van der Waals surface area contributed by atoms with Crippen LogP contribution in [0, 0.1) is 5.92 Å².